The van der Waals surface area contributed by atoms with E-state index in [1.165, 1.54) is 76.1 Å². The first-order chi connectivity index (χ1) is 19.2. The number of nitrogens with zero attached hydrogens (tertiary/aromatic N) is 8. The summed E-state index contributed by atoms with van der Waals surface area (Å²) in [4.78, 5) is 10.2. The number of hydrogen-bond donors (Lipinski definition) is 0. The summed E-state index contributed by atoms with van der Waals surface area (Å²) in [6.45, 7) is 13.5. The van der Waals surface area contributed by atoms with E-state index < -0.39 is 0 Å². The molecule has 0 bridgehead atoms. The van der Waals surface area contributed by atoms with Gasteiger partial charge in [0, 0.05) is 58.4 Å². The van der Waals surface area contributed by atoms with Crippen molar-refractivity contribution in [1.82, 2.24) is 39.8 Å². The second kappa shape index (κ2) is 14.1. The first-order valence-electron chi connectivity index (χ1n) is 14.9. The van der Waals surface area contributed by atoms with E-state index in [2.05, 4.69) is 104 Å². The Bertz CT molecular complexity index is 1090. The number of piperazine rings is 1. The van der Waals surface area contributed by atoms with Crippen LogP contribution in [0.5, 0.6) is 0 Å². The van der Waals surface area contributed by atoms with Gasteiger partial charge in [0.15, 0.2) is 5.82 Å². The fourth-order valence-electron chi connectivity index (χ4n) is 5.85. The lowest BCUT2D eigenvalue weighted by Gasteiger charge is -2.37. The highest BCUT2D eigenvalue weighted by Gasteiger charge is 2.29. The van der Waals surface area contributed by atoms with Crippen molar-refractivity contribution in [3.8, 4) is 0 Å². The average Bonchev–Trinajstić information content (AvgIpc) is 3.26. The number of hydrogen-bond acceptors (Lipinski definition) is 7. The van der Waals surface area contributed by atoms with Crippen molar-refractivity contribution < 1.29 is 0 Å². The van der Waals surface area contributed by atoms with Gasteiger partial charge in [0.05, 0.1) is 12.6 Å². The molecule has 8 heteroatoms. The molecule has 3 aliphatic rings. The third kappa shape index (κ3) is 7.94. The number of rotatable bonds is 7. The zero-order valence-corrected chi connectivity index (χ0v) is 23.9. The fourth-order valence-corrected chi connectivity index (χ4v) is 5.85. The van der Waals surface area contributed by atoms with Gasteiger partial charge in [-0.2, -0.15) is 0 Å². The van der Waals surface area contributed by atoms with Crippen molar-refractivity contribution in [2.45, 2.75) is 57.8 Å². The van der Waals surface area contributed by atoms with E-state index in [-0.39, 0.29) is 6.04 Å². The maximum Gasteiger partial charge on any atom is 0.168 e. The highest BCUT2D eigenvalue weighted by molar-refractivity contribution is 5.15. The predicted molar refractivity (Wildman–Crippen MR) is 156 cm³/mol. The molecule has 0 amide bonds. The Morgan fingerprint density at radius 3 is 2.05 bits per heavy atom. The molecule has 6 rings (SSSR count). The van der Waals surface area contributed by atoms with Crippen molar-refractivity contribution in [2.75, 3.05) is 59.4 Å². The molecular formula is C31H46N8. The second-order valence-electron chi connectivity index (χ2n) is 11.4. The molecule has 0 radical (unpaired) electrons. The van der Waals surface area contributed by atoms with Crippen LogP contribution in [0.2, 0.25) is 0 Å². The topological polar surface area (TPSA) is 56.6 Å². The molecule has 1 saturated carbocycles. The van der Waals surface area contributed by atoms with Gasteiger partial charge in [0.1, 0.15) is 0 Å². The zero-order valence-electron chi connectivity index (χ0n) is 23.9. The first kappa shape index (κ1) is 27.9. The Balaban J connectivity index is 0.000000186. The molecule has 3 heterocycles. The van der Waals surface area contributed by atoms with Crippen molar-refractivity contribution in [2.24, 2.45) is 0 Å². The molecule has 1 aromatic heterocycles. The Morgan fingerprint density at radius 1 is 0.744 bits per heavy atom. The minimum Gasteiger partial charge on any atom is -0.304 e. The van der Waals surface area contributed by atoms with Gasteiger partial charge in [-0.25, -0.2) is 4.68 Å². The van der Waals surface area contributed by atoms with E-state index in [4.69, 9.17) is 0 Å². The van der Waals surface area contributed by atoms with E-state index in [1.54, 1.807) is 0 Å². The molecule has 1 unspecified atom stereocenters. The first-order valence-corrected chi connectivity index (χ1v) is 14.9. The highest BCUT2D eigenvalue weighted by Crippen LogP contribution is 2.27. The van der Waals surface area contributed by atoms with Gasteiger partial charge in [-0.05, 0) is 61.3 Å². The molecule has 1 aliphatic carbocycles. The molecule has 2 aromatic carbocycles. The quantitative estimate of drug-likeness (QED) is 0.461. The van der Waals surface area contributed by atoms with E-state index in [0.717, 1.165) is 38.0 Å². The van der Waals surface area contributed by atoms with Crippen LogP contribution in [-0.4, -0.2) is 105 Å². The molecule has 39 heavy (non-hydrogen) atoms. The molecule has 3 fully saturated rings. The van der Waals surface area contributed by atoms with Gasteiger partial charge in [-0.1, -0.05) is 67.1 Å². The van der Waals surface area contributed by atoms with Crippen LogP contribution in [0, 0.1) is 0 Å². The maximum atomic E-state index is 4.35. The number of tetrazole rings is 1. The van der Waals surface area contributed by atoms with E-state index in [0.29, 0.717) is 0 Å². The van der Waals surface area contributed by atoms with Crippen LogP contribution in [-0.2, 0) is 13.1 Å². The Hall–Kier alpha value is -2.65. The van der Waals surface area contributed by atoms with Gasteiger partial charge in [-0.3, -0.25) is 14.7 Å². The summed E-state index contributed by atoms with van der Waals surface area (Å²) in [6, 6.07) is 22.2. The summed E-state index contributed by atoms with van der Waals surface area (Å²) in [7, 11) is 2.19. The van der Waals surface area contributed by atoms with Crippen LogP contribution >= 0.6 is 0 Å². The van der Waals surface area contributed by atoms with Crippen molar-refractivity contribution in [3.05, 3.63) is 77.6 Å². The molecule has 8 nitrogen and oxygen atoms in total. The maximum absolute atomic E-state index is 4.35. The highest BCUT2D eigenvalue weighted by atomic mass is 15.5. The molecule has 2 aliphatic heterocycles. The Labute approximate surface area is 234 Å². The van der Waals surface area contributed by atoms with E-state index in [9.17, 15) is 0 Å². The number of benzene rings is 2. The third-order valence-electron chi connectivity index (χ3n) is 8.66. The minimum absolute atomic E-state index is 0.250. The third-order valence-corrected chi connectivity index (χ3v) is 8.66. The smallest absolute Gasteiger partial charge is 0.168 e. The SMILES string of the molecule is CC(c1nnnn1Cc1ccccc1)N1CCCN(C2CCC2)CC1.CN1CCN(Cc2ccccc2)CC1. The molecule has 0 N–H and O–H groups in total. The van der Waals surface area contributed by atoms with Crippen LogP contribution in [0.15, 0.2) is 60.7 Å². The van der Waals surface area contributed by atoms with E-state index >= 15 is 0 Å². The van der Waals surface area contributed by atoms with Crippen LogP contribution in [0.4, 0.5) is 0 Å². The molecule has 3 aromatic rings. The second-order valence-corrected chi connectivity index (χ2v) is 11.4. The summed E-state index contributed by atoms with van der Waals surface area (Å²) in [5.74, 6) is 0.973. The summed E-state index contributed by atoms with van der Waals surface area (Å²) in [5.41, 5.74) is 2.66. The molecule has 1 atom stereocenters. The fraction of sp³-hybridized carbons (Fsp3) is 0.581. The van der Waals surface area contributed by atoms with Crippen molar-refractivity contribution in [3.63, 3.8) is 0 Å². The average molecular weight is 531 g/mol. The van der Waals surface area contributed by atoms with Crippen LogP contribution < -0.4 is 0 Å². The Kier molecular flexibility index (Phi) is 10.1. The van der Waals surface area contributed by atoms with Gasteiger partial charge in [0.25, 0.3) is 0 Å². The minimum atomic E-state index is 0.250. The van der Waals surface area contributed by atoms with Crippen molar-refractivity contribution in [1.29, 1.82) is 0 Å². The monoisotopic (exact) mass is 530 g/mol. The van der Waals surface area contributed by atoms with Crippen LogP contribution in [0.3, 0.4) is 0 Å². The van der Waals surface area contributed by atoms with Gasteiger partial charge >= 0.3 is 0 Å². The Morgan fingerprint density at radius 2 is 1.41 bits per heavy atom. The summed E-state index contributed by atoms with van der Waals surface area (Å²) in [5, 5.41) is 12.5. The van der Waals surface area contributed by atoms with E-state index in [1.807, 2.05) is 10.7 Å². The lowest BCUT2D eigenvalue weighted by molar-refractivity contribution is 0.126. The molecule has 210 valence electrons. The van der Waals surface area contributed by atoms with Crippen molar-refractivity contribution >= 4 is 0 Å². The summed E-state index contributed by atoms with van der Waals surface area (Å²) < 4.78 is 1.95. The molecule has 0 spiro atoms. The summed E-state index contributed by atoms with van der Waals surface area (Å²) in [6.07, 6.45) is 5.44. The lowest BCUT2D eigenvalue weighted by atomic mass is 9.91. The van der Waals surface area contributed by atoms with Gasteiger partial charge < -0.3 is 4.90 Å². The van der Waals surface area contributed by atoms with Crippen LogP contribution in [0.1, 0.15) is 55.6 Å². The normalized spacial score (nSPS) is 21.0. The number of likely N-dealkylation sites (N-methyl/N-ethyl adjacent to an activating group) is 1. The molecular weight excluding hydrogens is 484 g/mol. The zero-order chi connectivity index (χ0) is 26.9. The van der Waals surface area contributed by atoms with Gasteiger partial charge in [0.2, 0.25) is 0 Å². The van der Waals surface area contributed by atoms with Crippen LogP contribution in [0.25, 0.3) is 0 Å². The molecule has 2 saturated heterocycles. The van der Waals surface area contributed by atoms with Gasteiger partial charge in [-0.15, -0.1) is 5.10 Å². The summed E-state index contributed by atoms with van der Waals surface area (Å²) >= 11 is 0. The lowest BCUT2D eigenvalue weighted by Crippen LogP contribution is -2.43. The largest absolute Gasteiger partial charge is 0.304 e. The standard InChI is InChI=1S/C19H28N6.C12H18N2/c1-16(23-11-6-12-24(14-13-23)18-9-5-10-18)19-20-21-22-25(19)15-17-7-3-2-4-8-17;1-13-7-9-14(10-8-13)11-12-5-3-2-4-6-12/h2-4,7-8,16,18H,5-6,9-15H2,1H3;2-6H,7-11H2,1H3. The predicted octanol–water partition coefficient (Wildman–Crippen LogP) is 3.78. The number of aromatic nitrogens is 4.